The van der Waals surface area contributed by atoms with Gasteiger partial charge in [-0.3, -0.25) is 4.79 Å². The van der Waals surface area contributed by atoms with Gasteiger partial charge in [0.1, 0.15) is 5.82 Å². The molecule has 100 valence electrons. The van der Waals surface area contributed by atoms with Crippen LogP contribution in [0.3, 0.4) is 0 Å². The van der Waals surface area contributed by atoms with Crippen LogP contribution >= 0.6 is 11.3 Å². The molecule has 2 rings (SSSR count). The molecule has 0 fully saturated rings. The lowest BCUT2D eigenvalue weighted by Crippen LogP contribution is -2.32. The van der Waals surface area contributed by atoms with E-state index in [0.717, 1.165) is 0 Å². The van der Waals surface area contributed by atoms with Crippen molar-refractivity contribution < 1.29 is 9.18 Å². The number of nitrogens with two attached hydrogens (primary N) is 1. The average Bonchev–Trinajstić information content (AvgIpc) is 2.75. The number of likely N-dealkylation sites (N-methyl/N-ethyl adjacent to an activating group) is 1. The highest BCUT2D eigenvalue weighted by molar-refractivity contribution is 7.13. The fourth-order valence-electron chi connectivity index (χ4n) is 1.80. The molecule has 0 aliphatic carbocycles. The Balaban J connectivity index is 2.15. The minimum Gasteiger partial charge on any atom is -0.375 e. The fourth-order valence-corrected chi connectivity index (χ4v) is 2.36. The molecule has 0 aliphatic heterocycles. The standard InChI is InChI=1S/C13H14FN3OS/c1-2-17(11-5-3-4-9(14)6-11)12(18)7-10-8-19-13(15)16-10/h3-6,8H,2,7H2,1H3,(H2,15,16). The van der Waals surface area contributed by atoms with Crippen molar-refractivity contribution in [1.29, 1.82) is 0 Å². The minimum atomic E-state index is -0.360. The largest absolute Gasteiger partial charge is 0.375 e. The molecule has 0 radical (unpaired) electrons. The van der Waals surface area contributed by atoms with Gasteiger partial charge in [0.2, 0.25) is 5.91 Å². The normalized spacial score (nSPS) is 10.4. The molecule has 4 nitrogen and oxygen atoms in total. The quantitative estimate of drug-likeness (QED) is 0.935. The summed E-state index contributed by atoms with van der Waals surface area (Å²) in [6, 6.07) is 5.99. The van der Waals surface area contributed by atoms with Crippen LogP contribution in [0.4, 0.5) is 15.2 Å². The van der Waals surface area contributed by atoms with Crippen LogP contribution < -0.4 is 10.6 Å². The van der Waals surface area contributed by atoms with Gasteiger partial charge in [-0.2, -0.15) is 0 Å². The first-order valence-corrected chi connectivity index (χ1v) is 6.74. The third-order valence-electron chi connectivity index (χ3n) is 2.64. The van der Waals surface area contributed by atoms with Crippen molar-refractivity contribution in [2.45, 2.75) is 13.3 Å². The van der Waals surface area contributed by atoms with Crippen molar-refractivity contribution in [1.82, 2.24) is 4.98 Å². The van der Waals surface area contributed by atoms with E-state index in [2.05, 4.69) is 4.98 Å². The maximum absolute atomic E-state index is 13.2. The Bertz CT molecular complexity index is 585. The van der Waals surface area contributed by atoms with Crippen LogP contribution in [0.5, 0.6) is 0 Å². The number of aromatic nitrogens is 1. The lowest BCUT2D eigenvalue weighted by molar-refractivity contribution is -0.118. The zero-order valence-corrected chi connectivity index (χ0v) is 11.3. The smallest absolute Gasteiger partial charge is 0.233 e. The molecule has 0 aliphatic rings. The Labute approximate surface area is 114 Å². The Morgan fingerprint density at radius 1 is 1.53 bits per heavy atom. The third-order valence-corrected chi connectivity index (χ3v) is 3.36. The lowest BCUT2D eigenvalue weighted by Gasteiger charge is -2.20. The number of hydrogen-bond donors (Lipinski definition) is 1. The Hall–Kier alpha value is -1.95. The highest BCUT2D eigenvalue weighted by Crippen LogP contribution is 2.18. The molecule has 1 heterocycles. The van der Waals surface area contributed by atoms with Gasteiger partial charge in [-0.1, -0.05) is 6.07 Å². The first-order valence-electron chi connectivity index (χ1n) is 5.86. The summed E-state index contributed by atoms with van der Waals surface area (Å²) in [7, 11) is 0. The first kappa shape index (κ1) is 13.5. The summed E-state index contributed by atoms with van der Waals surface area (Å²) in [5.74, 6) is -0.486. The summed E-state index contributed by atoms with van der Waals surface area (Å²) in [5.41, 5.74) is 6.72. The van der Waals surface area contributed by atoms with Gasteiger partial charge in [-0.05, 0) is 25.1 Å². The van der Waals surface area contributed by atoms with E-state index in [0.29, 0.717) is 23.1 Å². The van der Waals surface area contributed by atoms with Crippen LogP contribution in [0.2, 0.25) is 0 Å². The number of nitrogen functional groups attached to an aromatic ring is 1. The number of nitrogens with zero attached hydrogens (tertiary/aromatic N) is 2. The van der Waals surface area contributed by atoms with E-state index < -0.39 is 0 Å². The number of anilines is 2. The summed E-state index contributed by atoms with van der Waals surface area (Å²) in [6.07, 6.45) is 0.165. The number of carbonyl (C=O) groups excluding carboxylic acids is 1. The molecule has 0 atom stereocenters. The van der Waals surface area contributed by atoms with Gasteiger partial charge in [0.05, 0.1) is 12.1 Å². The van der Waals surface area contributed by atoms with E-state index in [-0.39, 0.29) is 18.1 Å². The monoisotopic (exact) mass is 279 g/mol. The summed E-state index contributed by atoms with van der Waals surface area (Å²) < 4.78 is 13.2. The van der Waals surface area contributed by atoms with Gasteiger partial charge in [0, 0.05) is 17.6 Å². The predicted molar refractivity (Wildman–Crippen MR) is 74.7 cm³/mol. The van der Waals surface area contributed by atoms with Crippen molar-refractivity contribution in [3.05, 3.63) is 41.2 Å². The molecule has 6 heteroatoms. The number of halogens is 1. The van der Waals surface area contributed by atoms with E-state index in [1.165, 1.54) is 28.4 Å². The van der Waals surface area contributed by atoms with Crippen molar-refractivity contribution in [3.8, 4) is 0 Å². The molecule has 1 aromatic carbocycles. The summed E-state index contributed by atoms with van der Waals surface area (Å²) >= 11 is 1.30. The Morgan fingerprint density at radius 3 is 2.89 bits per heavy atom. The molecule has 0 spiro atoms. The highest BCUT2D eigenvalue weighted by Gasteiger charge is 2.16. The van der Waals surface area contributed by atoms with E-state index in [1.807, 2.05) is 6.92 Å². The topological polar surface area (TPSA) is 59.2 Å². The molecular formula is C13H14FN3OS. The number of amides is 1. The maximum atomic E-state index is 13.2. The molecule has 1 amide bonds. The molecule has 1 aromatic heterocycles. The molecule has 0 saturated carbocycles. The van der Waals surface area contributed by atoms with Gasteiger partial charge in [-0.15, -0.1) is 11.3 Å². The molecule has 0 saturated heterocycles. The number of hydrogen-bond acceptors (Lipinski definition) is 4. The van der Waals surface area contributed by atoms with E-state index in [9.17, 15) is 9.18 Å². The van der Waals surface area contributed by atoms with Crippen LogP contribution in [0.1, 0.15) is 12.6 Å². The van der Waals surface area contributed by atoms with Crippen LogP contribution in [-0.4, -0.2) is 17.4 Å². The van der Waals surface area contributed by atoms with Crippen molar-refractivity contribution in [3.63, 3.8) is 0 Å². The van der Waals surface area contributed by atoms with Crippen LogP contribution in [0, 0.1) is 5.82 Å². The van der Waals surface area contributed by atoms with E-state index in [1.54, 1.807) is 17.5 Å². The van der Waals surface area contributed by atoms with E-state index in [4.69, 9.17) is 5.73 Å². The SMILES string of the molecule is CCN(C(=O)Cc1csc(N)n1)c1cccc(F)c1. The second-order valence-electron chi connectivity index (χ2n) is 3.97. The van der Waals surface area contributed by atoms with Crippen molar-refractivity contribution >= 4 is 28.1 Å². The second kappa shape index (κ2) is 5.79. The van der Waals surface area contributed by atoms with Gasteiger partial charge in [0.15, 0.2) is 5.13 Å². The maximum Gasteiger partial charge on any atom is 0.233 e. The third kappa shape index (κ3) is 3.29. The Morgan fingerprint density at radius 2 is 2.32 bits per heavy atom. The Kier molecular flexibility index (Phi) is 4.11. The van der Waals surface area contributed by atoms with Crippen LogP contribution in [-0.2, 0) is 11.2 Å². The first-order chi connectivity index (χ1) is 9.10. The van der Waals surface area contributed by atoms with Crippen LogP contribution in [0.25, 0.3) is 0 Å². The van der Waals surface area contributed by atoms with Gasteiger partial charge >= 0.3 is 0 Å². The molecule has 2 N–H and O–H groups in total. The molecular weight excluding hydrogens is 265 g/mol. The molecule has 19 heavy (non-hydrogen) atoms. The minimum absolute atomic E-state index is 0.126. The van der Waals surface area contributed by atoms with Gasteiger partial charge in [0.25, 0.3) is 0 Å². The summed E-state index contributed by atoms with van der Waals surface area (Å²) in [5, 5.41) is 2.20. The second-order valence-corrected chi connectivity index (χ2v) is 4.86. The zero-order valence-electron chi connectivity index (χ0n) is 10.5. The fraction of sp³-hybridized carbons (Fsp3) is 0.231. The molecule has 0 unspecified atom stereocenters. The van der Waals surface area contributed by atoms with E-state index >= 15 is 0 Å². The van der Waals surface area contributed by atoms with Gasteiger partial charge in [-0.25, -0.2) is 9.37 Å². The molecule has 2 aromatic rings. The number of benzene rings is 1. The zero-order chi connectivity index (χ0) is 13.8. The molecule has 0 bridgehead atoms. The number of rotatable bonds is 4. The number of carbonyl (C=O) groups is 1. The van der Waals surface area contributed by atoms with Crippen molar-refractivity contribution in [2.75, 3.05) is 17.2 Å². The highest BCUT2D eigenvalue weighted by atomic mass is 32.1. The number of thiazole rings is 1. The van der Waals surface area contributed by atoms with Crippen LogP contribution in [0.15, 0.2) is 29.6 Å². The van der Waals surface area contributed by atoms with Crippen molar-refractivity contribution in [2.24, 2.45) is 0 Å². The van der Waals surface area contributed by atoms with Gasteiger partial charge < -0.3 is 10.6 Å². The predicted octanol–water partition coefficient (Wildman–Crippen LogP) is 2.46. The lowest BCUT2D eigenvalue weighted by atomic mass is 10.2. The summed E-state index contributed by atoms with van der Waals surface area (Å²) in [6.45, 7) is 2.32. The summed E-state index contributed by atoms with van der Waals surface area (Å²) in [4.78, 5) is 17.8. The average molecular weight is 279 g/mol.